The van der Waals surface area contributed by atoms with Crippen LogP contribution in [0.5, 0.6) is 5.75 Å². The maximum atomic E-state index is 10.8. The first kappa shape index (κ1) is 11.7. The van der Waals surface area contributed by atoms with E-state index in [1.54, 1.807) is 6.07 Å². The van der Waals surface area contributed by atoms with Crippen LogP contribution in [0.25, 0.3) is 0 Å². The summed E-state index contributed by atoms with van der Waals surface area (Å²) in [4.78, 5) is 21.4. The van der Waals surface area contributed by atoms with E-state index in [0.717, 1.165) is 0 Å². The fourth-order valence-corrected chi connectivity index (χ4v) is 1.26. The average Bonchev–Trinajstić information content (AvgIpc) is 2.30. The monoisotopic (exact) mass is 219 g/mol. The van der Waals surface area contributed by atoms with Gasteiger partial charge in [0.1, 0.15) is 23.5 Å². The Kier molecular flexibility index (Phi) is 3.62. The first-order valence-electron chi connectivity index (χ1n) is 4.40. The first-order valence-corrected chi connectivity index (χ1v) is 4.40. The van der Waals surface area contributed by atoms with Gasteiger partial charge < -0.3 is 14.6 Å². The van der Waals surface area contributed by atoms with Gasteiger partial charge in [0, 0.05) is 0 Å². The van der Waals surface area contributed by atoms with Crippen LogP contribution in [0, 0.1) is 11.3 Å². The lowest BCUT2D eigenvalue weighted by molar-refractivity contribution is -0.108. The second-order valence-electron chi connectivity index (χ2n) is 3.01. The lowest BCUT2D eigenvalue weighted by atomic mass is 10.00. The number of aldehydes is 1. The third kappa shape index (κ3) is 2.17. The van der Waals surface area contributed by atoms with E-state index in [4.69, 9.17) is 15.1 Å². The second kappa shape index (κ2) is 4.94. The van der Waals surface area contributed by atoms with Crippen molar-refractivity contribution in [1.82, 2.24) is 0 Å². The predicted molar refractivity (Wildman–Crippen MR) is 54.4 cm³/mol. The average molecular weight is 219 g/mol. The molecule has 1 N–H and O–H groups in total. The summed E-state index contributed by atoms with van der Waals surface area (Å²) in [6.45, 7) is 0. The summed E-state index contributed by atoms with van der Waals surface area (Å²) in [6.07, 6.45) is 0.495. The number of hydrogen-bond donors (Lipinski definition) is 1. The Morgan fingerprint density at radius 2 is 2.31 bits per heavy atom. The number of carboxylic acid groups (broad SMARTS) is 1. The Morgan fingerprint density at radius 3 is 2.75 bits per heavy atom. The maximum absolute atomic E-state index is 10.8. The largest absolute Gasteiger partial charge is 0.496 e. The van der Waals surface area contributed by atoms with Gasteiger partial charge in [0.25, 0.3) is 0 Å². The van der Waals surface area contributed by atoms with E-state index in [2.05, 4.69) is 0 Å². The van der Waals surface area contributed by atoms with E-state index in [-0.39, 0.29) is 11.3 Å². The SMILES string of the molecule is COc1cc(C(C#N)C=O)ccc1C(=O)O. The van der Waals surface area contributed by atoms with Crippen molar-refractivity contribution in [2.45, 2.75) is 5.92 Å². The lowest BCUT2D eigenvalue weighted by Crippen LogP contribution is -2.03. The Morgan fingerprint density at radius 1 is 1.62 bits per heavy atom. The lowest BCUT2D eigenvalue weighted by Gasteiger charge is -2.08. The van der Waals surface area contributed by atoms with E-state index in [1.165, 1.54) is 25.3 Å². The number of carbonyl (C=O) groups is 2. The van der Waals surface area contributed by atoms with Crippen molar-refractivity contribution in [3.8, 4) is 11.8 Å². The van der Waals surface area contributed by atoms with Gasteiger partial charge in [-0.25, -0.2) is 4.79 Å². The number of rotatable bonds is 4. The molecule has 0 aliphatic rings. The third-order valence-corrected chi connectivity index (χ3v) is 2.09. The molecule has 0 bridgehead atoms. The number of aromatic carboxylic acids is 1. The normalized spacial score (nSPS) is 11.2. The summed E-state index contributed by atoms with van der Waals surface area (Å²) in [5.41, 5.74) is 0.410. The molecule has 1 aromatic carbocycles. The summed E-state index contributed by atoms with van der Waals surface area (Å²) >= 11 is 0. The smallest absolute Gasteiger partial charge is 0.339 e. The van der Waals surface area contributed by atoms with Crippen molar-refractivity contribution in [3.05, 3.63) is 29.3 Å². The summed E-state index contributed by atoms with van der Waals surface area (Å²) < 4.78 is 4.88. The molecular formula is C11H9NO4. The molecule has 0 spiro atoms. The number of carboxylic acids is 1. The summed E-state index contributed by atoms with van der Waals surface area (Å²) in [5.74, 6) is -1.90. The number of nitriles is 1. The van der Waals surface area contributed by atoms with E-state index in [0.29, 0.717) is 11.8 Å². The molecule has 0 aromatic heterocycles. The minimum atomic E-state index is -1.12. The fourth-order valence-electron chi connectivity index (χ4n) is 1.26. The van der Waals surface area contributed by atoms with Gasteiger partial charge in [0.15, 0.2) is 0 Å². The highest BCUT2D eigenvalue weighted by atomic mass is 16.5. The molecule has 0 aliphatic carbocycles. The van der Waals surface area contributed by atoms with Gasteiger partial charge in [-0.05, 0) is 17.7 Å². The summed E-state index contributed by atoms with van der Waals surface area (Å²) in [7, 11) is 1.33. The number of benzene rings is 1. The number of methoxy groups -OCH3 is 1. The van der Waals surface area contributed by atoms with Crippen LogP contribution >= 0.6 is 0 Å². The van der Waals surface area contributed by atoms with Crippen molar-refractivity contribution < 1.29 is 19.4 Å². The molecule has 82 valence electrons. The molecule has 0 aliphatic heterocycles. The summed E-state index contributed by atoms with van der Waals surface area (Å²) in [6, 6.07) is 5.91. The predicted octanol–water partition coefficient (Wildman–Crippen LogP) is 1.20. The molecule has 16 heavy (non-hydrogen) atoms. The zero-order chi connectivity index (χ0) is 12.1. The van der Waals surface area contributed by atoms with Crippen LogP contribution in [0.4, 0.5) is 0 Å². The van der Waals surface area contributed by atoms with Crippen LogP contribution in [0.15, 0.2) is 18.2 Å². The highest BCUT2D eigenvalue weighted by Crippen LogP contribution is 2.24. The molecule has 0 amide bonds. The van der Waals surface area contributed by atoms with Crippen LogP contribution in [-0.4, -0.2) is 24.5 Å². The highest BCUT2D eigenvalue weighted by Gasteiger charge is 2.15. The molecule has 1 aromatic rings. The second-order valence-corrected chi connectivity index (χ2v) is 3.01. The fraction of sp³-hybridized carbons (Fsp3) is 0.182. The van der Waals surface area contributed by atoms with Crippen molar-refractivity contribution in [1.29, 1.82) is 5.26 Å². The zero-order valence-electron chi connectivity index (χ0n) is 8.51. The van der Waals surface area contributed by atoms with Crippen LogP contribution in [0.3, 0.4) is 0 Å². The standard InChI is InChI=1S/C11H9NO4/c1-16-10-4-7(8(5-12)6-13)2-3-9(10)11(14)15/h2-4,6,8H,1H3,(H,14,15). The molecule has 5 heteroatoms. The van der Waals surface area contributed by atoms with Crippen molar-refractivity contribution in [2.75, 3.05) is 7.11 Å². The van der Waals surface area contributed by atoms with Gasteiger partial charge in [-0.15, -0.1) is 0 Å². The molecule has 0 saturated heterocycles. The minimum absolute atomic E-state index is 0.00570. The van der Waals surface area contributed by atoms with Crippen LogP contribution < -0.4 is 4.74 Å². The van der Waals surface area contributed by atoms with E-state index in [9.17, 15) is 9.59 Å². The van der Waals surface area contributed by atoms with Crippen molar-refractivity contribution >= 4 is 12.3 Å². The molecule has 1 unspecified atom stereocenters. The van der Waals surface area contributed by atoms with Crippen LogP contribution in [0.1, 0.15) is 21.8 Å². The number of ether oxygens (including phenoxy) is 1. The van der Waals surface area contributed by atoms with Gasteiger partial charge in [0.2, 0.25) is 0 Å². The van der Waals surface area contributed by atoms with Crippen LogP contribution in [-0.2, 0) is 4.79 Å². The van der Waals surface area contributed by atoms with E-state index in [1.807, 2.05) is 0 Å². The third-order valence-electron chi connectivity index (χ3n) is 2.09. The van der Waals surface area contributed by atoms with E-state index >= 15 is 0 Å². The highest BCUT2D eigenvalue weighted by molar-refractivity contribution is 5.91. The number of nitrogens with zero attached hydrogens (tertiary/aromatic N) is 1. The Balaban J connectivity index is 3.24. The Hall–Kier alpha value is -2.35. The molecule has 1 rings (SSSR count). The molecular weight excluding hydrogens is 210 g/mol. The van der Waals surface area contributed by atoms with Gasteiger partial charge in [-0.2, -0.15) is 5.26 Å². The Labute approximate surface area is 91.9 Å². The molecule has 0 heterocycles. The van der Waals surface area contributed by atoms with Crippen molar-refractivity contribution in [2.24, 2.45) is 0 Å². The van der Waals surface area contributed by atoms with Gasteiger partial charge in [-0.3, -0.25) is 0 Å². The number of carbonyl (C=O) groups excluding carboxylic acids is 1. The molecule has 5 nitrogen and oxygen atoms in total. The van der Waals surface area contributed by atoms with Crippen molar-refractivity contribution in [3.63, 3.8) is 0 Å². The topological polar surface area (TPSA) is 87.4 Å². The molecule has 0 saturated carbocycles. The number of hydrogen-bond acceptors (Lipinski definition) is 4. The summed E-state index contributed by atoms with van der Waals surface area (Å²) in [5, 5.41) is 17.5. The van der Waals surface area contributed by atoms with Crippen LogP contribution in [0.2, 0.25) is 0 Å². The molecule has 0 radical (unpaired) electrons. The van der Waals surface area contributed by atoms with E-state index < -0.39 is 11.9 Å². The van der Waals surface area contributed by atoms with Gasteiger partial charge >= 0.3 is 5.97 Å². The van der Waals surface area contributed by atoms with Gasteiger partial charge in [0.05, 0.1) is 13.2 Å². The Bertz CT molecular complexity index is 462. The zero-order valence-corrected chi connectivity index (χ0v) is 8.51. The minimum Gasteiger partial charge on any atom is -0.496 e. The molecule has 0 fully saturated rings. The molecule has 1 atom stereocenters. The quantitative estimate of drug-likeness (QED) is 0.768. The maximum Gasteiger partial charge on any atom is 0.339 e. The van der Waals surface area contributed by atoms with Gasteiger partial charge in [-0.1, -0.05) is 6.07 Å². The first-order chi connectivity index (χ1) is 7.63.